The van der Waals surface area contributed by atoms with Crippen LogP contribution in [0.2, 0.25) is 0 Å². The first-order valence-corrected chi connectivity index (χ1v) is 12.8. The molecule has 0 radical (unpaired) electrons. The quantitative estimate of drug-likeness (QED) is 0.337. The summed E-state index contributed by atoms with van der Waals surface area (Å²) in [6, 6.07) is 22.7. The molecule has 0 aliphatic carbocycles. The van der Waals surface area contributed by atoms with Crippen LogP contribution in [0.15, 0.2) is 88.5 Å². The van der Waals surface area contributed by atoms with Crippen LogP contribution in [0, 0.1) is 0 Å². The number of nitrogens with one attached hydrogen (secondary N) is 1. The van der Waals surface area contributed by atoms with E-state index in [1.807, 2.05) is 36.4 Å². The van der Waals surface area contributed by atoms with Gasteiger partial charge in [-0.3, -0.25) is 9.10 Å². The SMILES string of the molecule is CN(c1ccc(OCC(=O)OCC(=O)Nc2ccc3ccccc3c2)cc1)S(=O)(=O)c1cccs1. The van der Waals surface area contributed by atoms with Crippen molar-refractivity contribution in [3.63, 3.8) is 0 Å². The minimum Gasteiger partial charge on any atom is -0.482 e. The number of hydrogen-bond donors (Lipinski definition) is 1. The fraction of sp³-hybridized carbons (Fsp3) is 0.120. The van der Waals surface area contributed by atoms with Crippen LogP contribution in [0.1, 0.15) is 0 Å². The van der Waals surface area contributed by atoms with Gasteiger partial charge >= 0.3 is 5.97 Å². The van der Waals surface area contributed by atoms with Gasteiger partial charge in [0, 0.05) is 12.7 Å². The van der Waals surface area contributed by atoms with Crippen LogP contribution in [-0.4, -0.2) is 40.6 Å². The van der Waals surface area contributed by atoms with Crippen LogP contribution in [0.3, 0.4) is 0 Å². The number of amides is 1. The normalized spacial score (nSPS) is 11.1. The van der Waals surface area contributed by atoms with Gasteiger partial charge in [-0.1, -0.05) is 36.4 Å². The molecule has 1 amide bonds. The van der Waals surface area contributed by atoms with Gasteiger partial charge in [-0.2, -0.15) is 0 Å². The highest BCUT2D eigenvalue weighted by Crippen LogP contribution is 2.26. The van der Waals surface area contributed by atoms with Crippen LogP contribution in [-0.2, 0) is 24.3 Å². The van der Waals surface area contributed by atoms with Gasteiger partial charge in [0.2, 0.25) is 0 Å². The molecule has 10 heteroatoms. The zero-order valence-corrected chi connectivity index (χ0v) is 20.3. The van der Waals surface area contributed by atoms with E-state index in [4.69, 9.17) is 9.47 Å². The summed E-state index contributed by atoms with van der Waals surface area (Å²) >= 11 is 1.14. The molecule has 3 aromatic carbocycles. The Balaban J connectivity index is 1.24. The first-order valence-electron chi connectivity index (χ1n) is 10.5. The minimum atomic E-state index is -3.64. The minimum absolute atomic E-state index is 0.243. The number of esters is 1. The van der Waals surface area contributed by atoms with E-state index in [-0.39, 0.29) is 4.21 Å². The first kappa shape index (κ1) is 24.2. The molecule has 0 aliphatic heterocycles. The average molecular weight is 511 g/mol. The highest BCUT2D eigenvalue weighted by atomic mass is 32.2. The van der Waals surface area contributed by atoms with Crippen molar-refractivity contribution in [3.8, 4) is 5.75 Å². The number of hydrogen-bond acceptors (Lipinski definition) is 7. The smallest absolute Gasteiger partial charge is 0.344 e. The van der Waals surface area contributed by atoms with E-state index < -0.39 is 35.1 Å². The molecule has 0 fully saturated rings. The molecule has 4 aromatic rings. The van der Waals surface area contributed by atoms with Crippen LogP contribution < -0.4 is 14.4 Å². The Morgan fingerprint density at radius 3 is 2.37 bits per heavy atom. The van der Waals surface area contributed by atoms with Crippen molar-refractivity contribution in [3.05, 3.63) is 84.2 Å². The van der Waals surface area contributed by atoms with Gasteiger partial charge < -0.3 is 14.8 Å². The molecule has 1 heterocycles. The van der Waals surface area contributed by atoms with Gasteiger partial charge in [0.1, 0.15) is 9.96 Å². The summed E-state index contributed by atoms with van der Waals surface area (Å²) in [6.07, 6.45) is 0. The summed E-state index contributed by atoms with van der Waals surface area (Å²) in [5, 5.41) is 6.43. The molecule has 35 heavy (non-hydrogen) atoms. The van der Waals surface area contributed by atoms with Crippen molar-refractivity contribution in [1.29, 1.82) is 0 Å². The molecular weight excluding hydrogens is 488 g/mol. The molecule has 8 nitrogen and oxygen atoms in total. The maximum absolute atomic E-state index is 12.6. The zero-order chi connectivity index (χ0) is 24.8. The third-order valence-corrected chi connectivity index (χ3v) is 8.22. The summed E-state index contributed by atoms with van der Waals surface area (Å²) in [5.41, 5.74) is 1.05. The summed E-state index contributed by atoms with van der Waals surface area (Å²) in [7, 11) is -2.17. The fourth-order valence-corrected chi connectivity index (χ4v) is 5.59. The third-order valence-electron chi connectivity index (χ3n) is 5.06. The lowest BCUT2D eigenvalue weighted by atomic mass is 10.1. The van der Waals surface area contributed by atoms with E-state index in [9.17, 15) is 18.0 Å². The molecule has 180 valence electrons. The molecule has 0 aliphatic rings. The van der Waals surface area contributed by atoms with Crippen LogP contribution in [0.4, 0.5) is 11.4 Å². The van der Waals surface area contributed by atoms with Crippen molar-refractivity contribution >= 4 is 55.4 Å². The number of fused-ring (bicyclic) bond motifs is 1. The maximum atomic E-state index is 12.6. The predicted octanol–water partition coefficient (Wildman–Crippen LogP) is 4.29. The Hall–Kier alpha value is -3.89. The Kier molecular flexibility index (Phi) is 7.33. The second-order valence-electron chi connectivity index (χ2n) is 7.46. The zero-order valence-electron chi connectivity index (χ0n) is 18.7. The Labute approximate surface area is 206 Å². The Morgan fingerprint density at radius 1 is 0.914 bits per heavy atom. The number of benzene rings is 3. The van der Waals surface area contributed by atoms with Gasteiger partial charge in [-0.15, -0.1) is 11.3 Å². The van der Waals surface area contributed by atoms with Crippen LogP contribution >= 0.6 is 11.3 Å². The molecule has 4 rings (SSSR count). The largest absolute Gasteiger partial charge is 0.482 e. The fourth-order valence-electron chi connectivity index (χ4n) is 3.23. The van der Waals surface area contributed by atoms with Crippen molar-refractivity contribution < 1.29 is 27.5 Å². The highest BCUT2D eigenvalue weighted by Gasteiger charge is 2.22. The topological polar surface area (TPSA) is 102 Å². The van der Waals surface area contributed by atoms with E-state index in [2.05, 4.69) is 5.32 Å². The molecule has 0 bridgehead atoms. The monoisotopic (exact) mass is 510 g/mol. The molecule has 0 atom stereocenters. The number of carbonyl (C=O) groups is 2. The lowest BCUT2D eigenvalue weighted by molar-refractivity contribution is -0.149. The molecule has 1 N–H and O–H groups in total. The van der Waals surface area contributed by atoms with Gasteiger partial charge in [0.25, 0.3) is 15.9 Å². The van der Waals surface area contributed by atoms with Gasteiger partial charge in [-0.05, 0) is 58.6 Å². The van der Waals surface area contributed by atoms with Crippen molar-refractivity contribution in [1.82, 2.24) is 0 Å². The summed E-state index contributed by atoms with van der Waals surface area (Å²) in [5.74, 6) is -0.818. The maximum Gasteiger partial charge on any atom is 0.344 e. The summed E-state index contributed by atoms with van der Waals surface area (Å²) < 4.78 is 37.0. The molecular formula is C25H22N2O6S2. The van der Waals surface area contributed by atoms with E-state index in [0.29, 0.717) is 17.1 Å². The number of sulfonamides is 1. The van der Waals surface area contributed by atoms with Crippen LogP contribution in [0.25, 0.3) is 10.8 Å². The van der Waals surface area contributed by atoms with E-state index in [1.165, 1.54) is 11.4 Å². The number of carbonyl (C=O) groups excluding carboxylic acids is 2. The Morgan fingerprint density at radius 2 is 1.66 bits per heavy atom. The van der Waals surface area contributed by atoms with Gasteiger partial charge in [-0.25, -0.2) is 13.2 Å². The number of nitrogens with zero attached hydrogens (tertiary/aromatic N) is 1. The summed E-state index contributed by atoms with van der Waals surface area (Å²) in [4.78, 5) is 24.1. The second-order valence-corrected chi connectivity index (χ2v) is 10.6. The Bertz CT molecular complexity index is 1430. The number of rotatable bonds is 9. The molecule has 1 aromatic heterocycles. The van der Waals surface area contributed by atoms with Crippen molar-refractivity contribution in [2.45, 2.75) is 4.21 Å². The first-order chi connectivity index (χ1) is 16.8. The third kappa shape index (κ3) is 5.97. The van der Waals surface area contributed by atoms with E-state index in [0.717, 1.165) is 22.1 Å². The van der Waals surface area contributed by atoms with Crippen LogP contribution in [0.5, 0.6) is 5.75 Å². The van der Waals surface area contributed by atoms with Gasteiger partial charge in [0.15, 0.2) is 13.2 Å². The number of ether oxygens (including phenoxy) is 2. The number of thiophene rings is 1. The molecule has 0 unspecified atom stereocenters. The molecule has 0 saturated heterocycles. The average Bonchev–Trinajstić information content (AvgIpc) is 3.42. The lowest BCUT2D eigenvalue weighted by Crippen LogP contribution is -2.25. The van der Waals surface area contributed by atoms with E-state index >= 15 is 0 Å². The number of anilines is 2. The van der Waals surface area contributed by atoms with Gasteiger partial charge in [0.05, 0.1) is 5.69 Å². The summed E-state index contributed by atoms with van der Waals surface area (Å²) in [6.45, 7) is -0.842. The van der Waals surface area contributed by atoms with Crippen molar-refractivity contribution in [2.24, 2.45) is 0 Å². The molecule has 0 saturated carbocycles. The van der Waals surface area contributed by atoms with Crippen molar-refractivity contribution in [2.75, 3.05) is 29.9 Å². The highest BCUT2D eigenvalue weighted by molar-refractivity contribution is 7.94. The predicted molar refractivity (Wildman–Crippen MR) is 135 cm³/mol. The second kappa shape index (κ2) is 10.6. The lowest BCUT2D eigenvalue weighted by Gasteiger charge is -2.18. The van der Waals surface area contributed by atoms with E-state index in [1.54, 1.807) is 47.8 Å². The standard InChI is InChI=1S/C25H22N2O6S2/c1-27(35(30,31)25-7-4-14-34-25)21-10-12-22(13-11-21)32-17-24(29)33-16-23(28)26-20-9-8-18-5-2-3-6-19(18)15-20/h2-15H,16-17H2,1H3,(H,26,28). The molecule has 0 spiro atoms.